The van der Waals surface area contributed by atoms with Crippen LogP contribution < -0.4 is 5.73 Å². The van der Waals surface area contributed by atoms with Gasteiger partial charge in [0.25, 0.3) is 0 Å². The molecule has 0 atom stereocenters. The lowest BCUT2D eigenvalue weighted by atomic mass is 10.3. The van der Waals surface area contributed by atoms with Gasteiger partial charge in [-0.2, -0.15) is 0 Å². The Morgan fingerprint density at radius 2 is 2.47 bits per heavy atom. The molecule has 0 radical (unpaired) electrons. The van der Waals surface area contributed by atoms with Crippen LogP contribution in [0.1, 0.15) is 18.5 Å². The number of anilines is 1. The van der Waals surface area contributed by atoms with Crippen LogP contribution >= 0.6 is 11.3 Å². The average Bonchev–Trinajstić information content (AvgIpc) is 2.89. The molecule has 0 unspecified atom stereocenters. The third kappa shape index (κ3) is 2.44. The van der Waals surface area contributed by atoms with Crippen molar-refractivity contribution in [3.63, 3.8) is 0 Å². The van der Waals surface area contributed by atoms with Crippen molar-refractivity contribution in [2.24, 2.45) is 5.16 Å². The highest BCUT2D eigenvalue weighted by Gasteiger charge is 2.25. The first-order chi connectivity index (χ1) is 7.16. The second kappa shape index (κ2) is 3.85. The Labute approximate surface area is 89.4 Å². The average molecular weight is 227 g/mol. The number of carbonyl (C=O) groups is 1. The van der Waals surface area contributed by atoms with Crippen LogP contribution in [0.2, 0.25) is 0 Å². The van der Waals surface area contributed by atoms with Crippen molar-refractivity contribution in [2.75, 3.05) is 5.73 Å². The van der Waals surface area contributed by atoms with E-state index in [1.165, 1.54) is 11.3 Å². The van der Waals surface area contributed by atoms with E-state index in [9.17, 15) is 4.79 Å². The third-order valence-corrected chi connectivity index (χ3v) is 2.46. The Morgan fingerprint density at radius 1 is 1.73 bits per heavy atom. The molecule has 0 aliphatic heterocycles. The van der Waals surface area contributed by atoms with Gasteiger partial charge < -0.3 is 15.7 Å². The molecule has 3 N–H and O–H groups in total. The number of aromatic nitrogens is 1. The summed E-state index contributed by atoms with van der Waals surface area (Å²) < 4.78 is 0. The van der Waals surface area contributed by atoms with Crippen LogP contribution in [-0.4, -0.2) is 27.9 Å². The zero-order valence-electron chi connectivity index (χ0n) is 7.71. The van der Waals surface area contributed by atoms with Gasteiger partial charge in [-0.05, 0) is 12.8 Å². The number of carboxylic acid groups (broad SMARTS) is 1. The van der Waals surface area contributed by atoms with E-state index in [1.54, 1.807) is 5.38 Å². The van der Waals surface area contributed by atoms with Gasteiger partial charge in [0, 0.05) is 5.38 Å². The van der Waals surface area contributed by atoms with E-state index in [0.717, 1.165) is 12.8 Å². The number of nitrogens with zero attached hydrogens (tertiary/aromatic N) is 2. The minimum absolute atomic E-state index is 0.0651. The molecule has 1 saturated carbocycles. The van der Waals surface area contributed by atoms with E-state index in [4.69, 9.17) is 15.7 Å². The summed E-state index contributed by atoms with van der Waals surface area (Å²) >= 11 is 1.17. The van der Waals surface area contributed by atoms with Gasteiger partial charge in [0.1, 0.15) is 11.8 Å². The molecule has 0 spiro atoms. The largest absolute Gasteiger partial charge is 0.476 e. The van der Waals surface area contributed by atoms with E-state index >= 15 is 0 Å². The number of aliphatic carboxylic acids is 1. The normalized spacial score (nSPS) is 16.4. The van der Waals surface area contributed by atoms with Crippen LogP contribution in [0.15, 0.2) is 10.5 Å². The molecule has 80 valence electrons. The minimum atomic E-state index is -1.17. The summed E-state index contributed by atoms with van der Waals surface area (Å²) in [6.07, 6.45) is 1.92. The first-order valence-corrected chi connectivity index (χ1v) is 5.23. The number of carboxylic acids is 1. The summed E-state index contributed by atoms with van der Waals surface area (Å²) in [5.41, 5.74) is 5.45. The summed E-state index contributed by atoms with van der Waals surface area (Å²) in [4.78, 5) is 19.7. The van der Waals surface area contributed by atoms with Gasteiger partial charge in [-0.25, -0.2) is 9.78 Å². The molecular weight excluding hydrogens is 218 g/mol. The maximum Gasteiger partial charge on any atom is 0.360 e. The van der Waals surface area contributed by atoms with Crippen LogP contribution in [0.25, 0.3) is 0 Å². The quantitative estimate of drug-likeness (QED) is 0.582. The number of nitrogen functional groups attached to an aromatic ring is 1. The van der Waals surface area contributed by atoms with Gasteiger partial charge in [0.05, 0.1) is 0 Å². The van der Waals surface area contributed by atoms with E-state index in [1.807, 2.05) is 0 Å². The molecule has 2 rings (SSSR count). The van der Waals surface area contributed by atoms with Crippen LogP contribution in [-0.2, 0) is 9.63 Å². The first-order valence-electron chi connectivity index (χ1n) is 4.35. The Kier molecular flexibility index (Phi) is 2.55. The number of nitrogens with two attached hydrogens (primary N) is 1. The fraction of sp³-hybridized carbons (Fsp3) is 0.375. The number of thiazole rings is 1. The van der Waals surface area contributed by atoms with Gasteiger partial charge in [0.15, 0.2) is 5.13 Å². The van der Waals surface area contributed by atoms with Gasteiger partial charge >= 0.3 is 5.97 Å². The van der Waals surface area contributed by atoms with E-state index in [-0.39, 0.29) is 17.5 Å². The summed E-state index contributed by atoms with van der Waals surface area (Å²) in [7, 11) is 0. The number of oxime groups is 1. The van der Waals surface area contributed by atoms with Gasteiger partial charge in [-0.3, -0.25) is 0 Å². The second-order valence-corrected chi connectivity index (χ2v) is 4.01. The Morgan fingerprint density at radius 3 is 2.93 bits per heavy atom. The Balaban J connectivity index is 2.17. The van der Waals surface area contributed by atoms with E-state index in [0.29, 0.717) is 5.13 Å². The predicted octanol–water partition coefficient (Wildman–Crippen LogP) is 0.693. The molecule has 1 aliphatic carbocycles. The maximum absolute atomic E-state index is 10.9. The summed E-state index contributed by atoms with van der Waals surface area (Å²) in [6.45, 7) is 0. The fourth-order valence-electron chi connectivity index (χ4n) is 0.892. The molecule has 15 heavy (non-hydrogen) atoms. The van der Waals surface area contributed by atoms with Gasteiger partial charge in [-0.1, -0.05) is 5.16 Å². The first kappa shape index (κ1) is 9.91. The van der Waals surface area contributed by atoms with Crippen LogP contribution in [0, 0.1) is 0 Å². The molecule has 0 aromatic carbocycles. The highest BCUT2D eigenvalue weighted by atomic mass is 32.1. The molecule has 0 bridgehead atoms. The molecule has 1 fully saturated rings. The molecule has 1 aromatic heterocycles. The van der Waals surface area contributed by atoms with E-state index < -0.39 is 5.97 Å². The van der Waals surface area contributed by atoms with Crippen molar-refractivity contribution in [3.05, 3.63) is 11.1 Å². The zero-order valence-corrected chi connectivity index (χ0v) is 8.53. The van der Waals surface area contributed by atoms with Crippen LogP contribution in [0.5, 0.6) is 0 Å². The minimum Gasteiger partial charge on any atom is -0.476 e. The van der Waals surface area contributed by atoms with Crippen molar-refractivity contribution in [3.8, 4) is 0 Å². The third-order valence-electron chi connectivity index (χ3n) is 1.78. The molecule has 0 saturated heterocycles. The van der Waals surface area contributed by atoms with Crippen molar-refractivity contribution in [2.45, 2.75) is 18.9 Å². The molecular formula is C8H9N3O3S. The highest BCUT2D eigenvalue weighted by Crippen LogP contribution is 2.24. The lowest BCUT2D eigenvalue weighted by Gasteiger charge is -1.97. The van der Waals surface area contributed by atoms with Crippen LogP contribution in [0.4, 0.5) is 5.13 Å². The van der Waals surface area contributed by atoms with E-state index in [2.05, 4.69) is 10.1 Å². The van der Waals surface area contributed by atoms with Crippen LogP contribution in [0.3, 0.4) is 0 Å². The molecule has 0 amide bonds. The van der Waals surface area contributed by atoms with Crippen molar-refractivity contribution >= 4 is 28.1 Å². The highest BCUT2D eigenvalue weighted by molar-refractivity contribution is 7.13. The topological polar surface area (TPSA) is 97.8 Å². The molecule has 1 aromatic rings. The zero-order chi connectivity index (χ0) is 10.8. The van der Waals surface area contributed by atoms with Gasteiger partial charge in [0.2, 0.25) is 5.71 Å². The molecule has 7 heteroatoms. The number of rotatable bonds is 4. The standard InChI is InChI=1S/C8H9N3O3S/c9-8-10-5(3-15-8)6(7(12)13)11-14-4-1-2-4/h3-4H,1-2H2,(H2,9,10)(H,12,13)/b11-6-. The lowest BCUT2D eigenvalue weighted by molar-refractivity contribution is -0.129. The summed E-state index contributed by atoms with van der Waals surface area (Å²) in [5.74, 6) is -1.17. The number of hydrogen-bond donors (Lipinski definition) is 2. The van der Waals surface area contributed by atoms with Crippen molar-refractivity contribution in [1.29, 1.82) is 0 Å². The van der Waals surface area contributed by atoms with Crippen molar-refractivity contribution < 1.29 is 14.7 Å². The molecule has 1 heterocycles. The lowest BCUT2D eigenvalue weighted by Crippen LogP contribution is -2.15. The summed E-state index contributed by atoms with van der Waals surface area (Å²) in [6, 6.07) is 0. The Hall–Kier alpha value is -1.63. The second-order valence-electron chi connectivity index (χ2n) is 3.12. The summed E-state index contributed by atoms with van der Waals surface area (Å²) in [5, 5.41) is 14.3. The monoisotopic (exact) mass is 227 g/mol. The SMILES string of the molecule is Nc1nc(/C(=N/OC2CC2)C(=O)O)cs1. The molecule has 1 aliphatic rings. The smallest absolute Gasteiger partial charge is 0.360 e. The Bertz CT molecular complexity index is 411. The maximum atomic E-state index is 10.9. The predicted molar refractivity (Wildman–Crippen MR) is 54.8 cm³/mol. The molecule has 6 nitrogen and oxygen atoms in total. The number of hydrogen-bond acceptors (Lipinski definition) is 6. The van der Waals surface area contributed by atoms with Crippen molar-refractivity contribution in [1.82, 2.24) is 4.98 Å². The fourth-order valence-corrected chi connectivity index (χ4v) is 1.44. The van der Waals surface area contributed by atoms with Gasteiger partial charge in [-0.15, -0.1) is 11.3 Å².